The van der Waals surface area contributed by atoms with Crippen LogP contribution in [0.15, 0.2) is 48.5 Å². The Kier molecular flexibility index (Phi) is 11.8. The highest BCUT2D eigenvalue weighted by Crippen LogP contribution is 2.18. The van der Waals surface area contributed by atoms with Gasteiger partial charge in [-0.05, 0) is 55.0 Å². The Morgan fingerprint density at radius 1 is 0.677 bits per heavy atom. The van der Waals surface area contributed by atoms with E-state index in [1.807, 2.05) is 0 Å². The third-order valence-electron chi connectivity index (χ3n) is 5.17. The molecule has 0 saturated heterocycles. The number of esters is 1. The Morgan fingerprint density at radius 2 is 1.16 bits per heavy atom. The summed E-state index contributed by atoms with van der Waals surface area (Å²) in [6.45, 7) is 2.94. The fourth-order valence-electron chi connectivity index (χ4n) is 3.30. The van der Waals surface area contributed by atoms with Crippen molar-refractivity contribution in [1.29, 1.82) is 0 Å². The zero-order valence-corrected chi connectivity index (χ0v) is 19.4. The van der Waals surface area contributed by atoms with Crippen LogP contribution in [0.2, 0.25) is 0 Å². The van der Waals surface area contributed by atoms with Crippen LogP contribution in [0, 0.1) is 0 Å². The van der Waals surface area contributed by atoms with Crippen molar-refractivity contribution in [2.45, 2.75) is 71.1 Å². The summed E-state index contributed by atoms with van der Waals surface area (Å²) in [4.78, 5) is 23.4. The molecule has 0 N–H and O–H groups in total. The van der Waals surface area contributed by atoms with E-state index in [-0.39, 0.29) is 5.12 Å². The molecule has 31 heavy (non-hydrogen) atoms. The summed E-state index contributed by atoms with van der Waals surface area (Å²) in [5.41, 5.74) is 0.896. The van der Waals surface area contributed by atoms with Crippen molar-refractivity contribution in [3.05, 3.63) is 59.7 Å². The fraction of sp³-hybridized carbons (Fsp3) is 0.462. The predicted molar refractivity (Wildman–Crippen MR) is 128 cm³/mol. The van der Waals surface area contributed by atoms with E-state index in [0.29, 0.717) is 23.5 Å². The number of carbonyl (C=O) groups excluding carboxylic acids is 2. The minimum absolute atomic E-state index is 0.328. The lowest BCUT2D eigenvalue weighted by atomic mass is 10.1. The molecule has 0 aliphatic carbocycles. The van der Waals surface area contributed by atoms with E-state index in [0.717, 1.165) is 12.2 Å². The van der Waals surface area contributed by atoms with E-state index in [1.165, 1.54) is 57.8 Å². The number of ether oxygens (including phenoxy) is 2. The lowest BCUT2D eigenvalue weighted by molar-refractivity contribution is 0.0734. The minimum Gasteiger partial charge on any atom is -0.494 e. The fourth-order valence-corrected chi connectivity index (χ4v) is 3.45. The molecule has 2 aromatic carbocycles. The van der Waals surface area contributed by atoms with Crippen LogP contribution in [0.25, 0.3) is 0 Å². The van der Waals surface area contributed by atoms with Crippen LogP contribution >= 0.6 is 12.6 Å². The Morgan fingerprint density at radius 3 is 1.71 bits per heavy atom. The van der Waals surface area contributed by atoms with E-state index in [1.54, 1.807) is 48.5 Å². The molecule has 0 unspecified atom stereocenters. The van der Waals surface area contributed by atoms with Gasteiger partial charge in [-0.25, -0.2) is 4.79 Å². The van der Waals surface area contributed by atoms with Gasteiger partial charge < -0.3 is 9.47 Å². The SMILES string of the molecule is CCCCCCCCCCCCOc1ccc(C(=O)Oc2ccc(C(=O)S)cc2)cc1. The van der Waals surface area contributed by atoms with Gasteiger partial charge >= 0.3 is 5.97 Å². The third-order valence-corrected chi connectivity index (χ3v) is 5.43. The zero-order chi connectivity index (χ0) is 22.3. The highest BCUT2D eigenvalue weighted by molar-refractivity contribution is 7.97. The molecule has 0 aliphatic heterocycles. The largest absolute Gasteiger partial charge is 0.494 e. The molecule has 4 nitrogen and oxygen atoms in total. The summed E-state index contributed by atoms with van der Waals surface area (Å²) in [5.74, 6) is 0.680. The molecular weight excluding hydrogens is 408 g/mol. The Balaban J connectivity index is 1.61. The van der Waals surface area contributed by atoms with Crippen molar-refractivity contribution < 1.29 is 19.1 Å². The van der Waals surface area contributed by atoms with Crippen molar-refractivity contribution in [1.82, 2.24) is 0 Å². The molecule has 0 aliphatic rings. The van der Waals surface area contributed by atoms with E-state index in [9.17, 15) is 9.59 Å². The van der Waals surface area contributed by atoms with Crippen molar-refractivity contribution in [2.24, 2.45) is 0 Å². The first-order valence-electron chi connectivity index (χ1n) is 11.4. The van der Waals surface area contributed by atoms with Crippen LogP contribution in [0.5, 0.6) is 11.5 Å². The Labute approximate surface area is 191 Å². The highest BCUT2D eigenvalue weighted by Gasteiger charge is 2.09. The molecule has 0 atom stereocenters. The lowest BCUT2D eigenvalue weighted by Gasteiger charge is -2.08. The van der Waals surface area contributed by atoms with E-state index in [2.05, 4.69) is 19.6 Å². The number of unbranched alkanes of at least 4 members (excludes halogenated alkanes) is 9. The van der Waals surface area contributed by atoms with E-state index in [4.69, 9.17) is 9.47 Å². The van der Waals surface area contributed by atoms with Crippen LogP contribution in [0.4, 0.5) is 0 Å². The molecule has 0 aromatic heterocycles. The lowest BCUT2D eigenvalue weighted by Crippen LogP contribution is -2.08. The second-order valence-corrected chi connectivity index (χ2v) is 8.18. The standard InChI is InChI=1S/C26H34O4S/c1-2-3-4-5-6-7-8-9-10-11-20-29-23-16-12-21(13-17-23)25(27)30-24-18-14-22(15-19-24)26(28)31/h12-19H,2-11,20H2,1H3,(H,28,31). The second-order valence-electron chi connectivity index (χ2n) is 7.77. The highest BCUT2D eigenvalue weighted by atomic mass is 32.1. The van der Waals surface area contributed by atoms with Gasteiger partial charge in [0.2, 0.25) is 5.12 Å². The van der Waals surface area contributed by atoms with Gasteiger partial charge in [-0.3, -0.25) is 4.79 Å². The molecule has 0 fully saturated rings. The van der Waals surface area contributed by atoms with Gasteiger partial charge in [0.1, 0.15) is 11.5 Å². The topological polar surface area (TPSA) is 52.6 Å². The van der Waals surface area contributed by atoms with Crippen molar-refractivity contribution >= 4 is 23.7 Å². The molecule has 0 saturated carbocycles. The first-order chi connectivity index (χ1) is 15.1. The molecule has 2 aromatic rings. The molecule has 0 bridgehead atoms. The van der Waals surface area contributed by atoms with Gasteiger partial charge in [-0.15, -0.1) is 12.6 Å². The van der Waals surface area contributed by atoms with Crippen LogP contribution < -0.4 is 9.47 Å². The quantitative estimate of drug-likeness (QED) is 0.136. The van der Waals surface area contributed by atoms with Crippen molar-refractivity contribution in [3.8, 4) is 11.5 Å². The number of rotatable bonds is 15. The Bertz CT molecular complexity index is 784. The average Bonchev–Trinajstić information content (AvgIpc) is 2.78. The molecule has 2 rings (SSSR count). The average molecular weight is 443 g/mol. The first-order valence-corrected chi connectivity index (χ1v) is 11.8. The van der Waals surface area contributed by atoms with Gasteiger partial charge in [0.15, 0.2) is 0 Å². The van der Waals surface area contributed by atoms with Crippen LogP contribution in [0.1, 0.15) is 91.8 Å². The maximum Gasteiger partial charge on any atom is 0.343 e. The molecule has 0 radical (unpaired) electrons. The smallest absolute Gasteiger partial charge is 0.343 e. The van der Waals surface area contributed by atoms with Crippen LogP contribution in [-0.4, -0.2) is 17.7 Å². The normalized spacial score (nSPS) is 10.6. The summed E-state index contributed by atoms with van der Waals surface area (Å²) in [6, 6.07) is 13.3. The van der Waals surface area contributed by atoms with Gasteiger partial charge in [-0.1, -0.05) is 64.7 Å². The van der Waals surface area contributed by atoms with Gasteiger partial charge in [0.05, 0.1) is 12.2 Å². The van der Waals surface area contributed by atoms with E-state index < -0.39 is 5.97 Å². The Hall–Kier alpha value is -2.27. The van der Waals surface area contributed by atoms with Crippen LogP contribution in [0.3, 0.4) is 0 Å². The van der Waals surface area contributed by atoms with Crippen molar-refractivity contribution in [3.63, 3.8) is 0 Å². The number of benzene rings is 2. The van der Waals surface area contributed by atoms with Crippen LogP contribution in [-0.2, 0) is 0 Å². The van der Waals surface area contributed by atoms with Crippen molar-refractivity contribution in [2.75, 3.05) is 6.61 Å². The second kappa shape index (κ2) is 14.7. The summed E-state index contributed by atoms with van der Waals surface area (Å²) in [6.07, 6.45) is 13.0. The first kappa shape index (κ1) is 25.0. The molecule has 0 amide bonds. The number of hydrogen-bond acceptors (Lipinski definition) is 4. The molecular formula is C26H34O4S. The maximum absolute atomic E-state index is 12.3. The number of carbonyl (C=O) groups is 2. The van der Waals surface area contributed by atoms with Gasteiger partial charge in [-0.2, -0.15) is 0 Å². The predicted octanol–water partition coefficient (Wildman–Crippen LogP) is 7.28. The monoisotopic (exact) mass is 442 g/mol. The van der Waals surface area contributed by atoms with E-state index >= 15 is 0 Å². The summed E-state index contributed by atoms with van der Waals surface area (Å²) in [5, 5.41) is -0.328. The summed E-state index contributed by atoms with van der Waals surface area (Å²) >= 11 is 3.76. The maximum atomic E-state index is 12.3. The number of thiol groups is 1. The summed E-state index contributed by atoms with van der Waals surface area (Å²) < 4.78 is 11.1. The van der Waals surface area contributed by atoms with Gasteiger partial charge in [0.25, 0.3) is 0 Å². The third kappa shape index (κ3) is 10.1. The summed E-state index contributed by atoms with van der Waals surface area (Å²) in [7, 11) is 0. The minimum atomic E-state index is -0.453. The molecule has 168 valence electrons. The van der Waals surface area contributed by atoms with Gasteiger partial charge in [0, 0.05) is 5.56 Å². The molecule has 0 heterocycles. The number of hydrogen-bond donors (Lipinski definition) is 1. The molecule has 0 spiro atoms. The zero-order valence-electron chi connectivity index (χ0n) is 18.5. The molecule has 5 heteroatoms.